The number of carbonyl (C=O) groups excluding carboxylic acids is 1. The Balaban J connectivity index is 3.20. The Bertz CT molecular complexity index is 630. The Kier molecular flexibility index (Phi) is 6.74. The summed E-state index contributed by atoms with van der Waals surface area (Å²) in [5.74, 6) is -0.204. The maximum absolute atomic E-state index is 12.9. The number of nitrogens with zero attached hydrogens (tertiary/aromatic N) is 3. The molecule has 1 aliphatic rings. The summed E-state index contributed by atoms with van der Waals surface area (Å²) >= 11 is 0. The number of hydrogen-bond acceptors (Lipinski definition) is 3. The van der Waals surface area contributed by atoms with Gasteiger partial charge in [-0.15, -0.1) is 0 Å². The van der Waals surface area contributed by atoms with Crippen LogP contribution < -0.4 is 0 Å². The van der Waals surface area contributed by atoms with Gasteiger partial charge in [0.2, 0.25) is 0 Å². The van der Waals surface area contributed by atoms with E-state index < -0.39 is 0 Å². The Hall–Kier alpha value is -2.12. The second-order valence-electron chi connectivity index (χ2n) is 6.83. The molecule has 0 aliphatic carbocycles. The Labute approximate surface area is 146 Å². The van der Waals surface area contributed by atoms with Crippen LogP contribution in [0.5, 0.6) is 0 Å². The van der Waals surface area contributed by atoms with Gasteiger partial charge >= 0.3 is 0 Å². The number of hydrogen-bond donors (Lipinski definition) is 0. The van der Waals surface area contributed by atoms with Crippen LogP contribution in [0.1, 0.15) is 34.1 Å². The van der Waals surface area contributed by atoms with E-state index in [4.69, 9.17) is 0 Å². The minimum Gasteiger partial charge on any atom is -0.331 e. The van der Waals surface area contributed by atoms with Gasteiger partial charge in [-0.1, -0.05) is 24.8 Å². The molecule has 4 nitrogen and oxygen atoms in total. The predicted molar refractivity (Wildman–Crippen MR) is 99.3 cm³/mol. The van der Waals surface area contributed by atoms with E-state index in [1.807, 2.05) is 64.9 Å². The number of nitriles is 1. The van der Waals surface area contributed by atoms with Gasteiger partial charge in [0.15, 0.2) is 0 Å². The SMILES string of the molecule is C=CC1=C(/C=C\C)C(C)N(C(=O)/C(C#N)=C/C(C)(C)N(C)C)CC1. The van der Waals surface area contributed by atoms with Crippen molar-refractivity contribution in [2.24, 2.45) is 0 Å². The molecule has 0 radical (unpaired) electrons. The lowest BCUT2D eigenvalue weighted by atomic mass is 9.92. The zero-order valence-electron chi connectivity index (χ0n) is 15.8. The number of carbonyl (C=O) groups is 1. The molecule has 0 saturated carbocycles. The van der Waals surface area contributed by atoms with Crippen molar-refractivity contribution in [2.75, 3.05) is 20.6 Å². The molecule has 24 heavy (non-hydrogen) atoms. The molecule has 0 aromatic carbocycles. The van der Waals surface area contributed by atoms with Gasteiger partial charge in [-0.3, -0.25) is 4.79 Å². The van der Waals surface area contributed by atoms with Crippen molar-refractivity contribution in [3.8, 4) is 6.07 Å². The molecular formula is C20H29N3O. The lowest BCUT2D eigenvalue weighted by Crippen LogP contribution is -2.44. The smallest absolute Gasteiger partial charge is 0.264 e. The van der Waals surface area contributed by atoms with Crippen molar-refractivity contribution in [1.29, 1.82) is 5.26 Å². The minimum absolute atomic E-state index is 0.0744. The normalized spacial score (nSPS) is 19.8. The number of allylic oxidation sites excluding steroid dienone is 2. The molecule has 1 unspecified atom stereocenters. The first kappa shape index (κ1) is 19.9. The van der Waals surface area contributed by atoms with E-state index in [0.29, 0.717) is 6.54 Å². The fourth-order valence-corrected chi connectivity index (χ4v) is 2.72. The highest BCUT2D eigenvalue weighted by atomic mass is 16.2. The average Bonchev–Trinajstić information content (AvgIpc) is 2.53. The zero-order chi connectivity index (χ0) is 18.5. The third-order valence-corrected chi connectivity index (χ3v) is 4.76. The molecule has 1 heterocycles. The van der Waals surface area contributed by atoms with Gasteiger partial charge in [0.05, 0.1) is 6.04 Å². The van der Waals surface area contributed by atoms with Crippen molar-refractivity contribution >= 4 is 5.91 Å². The first-order valence-electron chi connectivity index (χ1n) is 8.29. The van der Waals surface area contributed by atoms with Crippen LogP contribution in [0, 0.1) is 11.3 Å². The van der Waals surface area contributed by atoms with Crippen LogP contribution in [-0.4, -0.2) is 47.9 Å². The van der Waals surface area contributed by atoms with E-state index in [9.17, 15) is 10.1 Å². The highest BCUT2D eigenvalue weighted by molar-refractivity contribution is 5.98. The lowest BCUT2D eigenvalue weighted by molar-refractivity contribution is -0.128. The summed E-state index contributed by atoms with van der Waals surface area (Å²) < 4.78 is 0. The van der Waals surface area contributed by atoms with Crippen LogP contribution in [0.4, 0.5) is 0 Å². The summed E-state index contributed by atoms with van der Waals surface area (Å²) in [6.45, 7) is 12.4. The highest BCUT2D eigenvalue weighted by Crippen LogP contribution is 2.27. The molecule has 0 aromatic heterocycles. The first-order chi connectivity index (χ1) is 11.2. The molecule has 0 fully saturated rings. The molecule has 1 aliphatic heterocycles. The molecule has 1 atom stereocenters. The number of likely N-dealkylation sites (N-methyl/N-ethyl adjacent to an activating group) is 1. The predicted octanol–water partition coefficient (Wildman–Crippen LogP) is 3.46. The summed E-state index contributed by atoms with van der Waals surface area (Å²) in [5, 5.41) is 9.50. The van der Waals surface area contributed by atoms with Crippen LogP contribution >= 0.6 is 0 Å². The molecule has 4 heteroatoms. The van der Waals surface area contributed by atoms with Crippen LogP contribution in [0.15, 0.2) is 47.6 Å². The maximum Gasteiger partial charge on any atom is 0.264 e. The molecular weight excluding hydrogens is 298 g/mol. The number of rotatable bonds is 5. The molecule has 0 spiro atoms. The van der Waals surface area contributed by atoms with Crippen molar-refractivity contribution in [3.63, 3.8) is 0 Å². The topological polar surface area (TPSA) is 47.3 Å². The van der Waals surface area contributed by atoms with Crippen LogP contribution in [0.2, 0.25) is 0 Å². The second-order valence-corrected chi connectivity index (χ2v) is 6.83. The quantitative estimate of drug-likeness (QED) is 0.574. The van der Waals surface area contributed by atoms with E-state index in [-0.39, 0.29) is 23.1 Å². The molecule has 1 amide bonds. The van der Waals surface area contributed by atoms with Crippen molar-refractivity contribution < 1.29 is 4.79 Å². The summed E-state index contributed by atoms with van der Waals surface area (Å²) in [5.41, 5.74) is 2.09. The number of amides is 1. The summed E-state index contributed by atoms with van der Waals surface area (Å²) in [7, 11) is 3.87. The third kappa shape index (κ3) is 4.24. The third-order valence-electron chi connectivity index (χ3n) is 4.76. The molecule has 1 rings (SSSR count). The summed E-state index contributed by atoms with van der Waals surface area (Å²) in [6.07, 6.45) is 8.38. The molecule has 0 N–H and O–H groups in total. The Morgan fingerprint density at radius 1 is 1.46 bits per heavy atom. The van der Waals surface area contributed by atoms with Gasteiger partial charge in [-0.25, -0.2) is 0 Å². The van der Waals surface area contributed by atoms with Gasteiger partial charge in [0, 0.05) is 12.1 Å². The Morgan fingerprint density at radius 3 is 2.54 bits per heavy atom. The van der Waals surface area contributed by atoms with Crippen molar-refractivity contribution in [1.82, 2.24) is 9.80 Å². The monoisotopic (exact) mass is 327 g/mol. The van der Waals surface area contributed by atoms with Crippen molar-refractivity contribution in [3.05, 3.63) is 47.6 Å². The summed E-state index contributed by atoms with van der Waals surface area (Å²) in [6, 6.07) is 2.02. The van der Waals surface area contributed by atoms with Gasteiger partial charge in [-0.05, 0) is 65.4 Å². The van der Waals surface area contributed by atoms with E-state index in [1.54, 1.807) is 11.0 Å². The van der Waals surface area contributed by atoms with Crippen LogP contribution in [0.25, 0.3) is 0 Å². The molecule has 0 saturated heterocycles. The first-order valence-corrected chi connectivity index (χ1v) is 8.29. The second kappa shape index (κ2) is 8.12. The van der Waals surface area contributed by atoms with Gasteiger partial charge in [-0.2, -0.15) is 5.26 Å². The fourth-order valence-electron chi connectivity index (χ4n) is 2.72. The van der Waals surface area contributed by atoms with Crippen LogP contribution in [0.3, 0.4) is 0 Å². The van der Waals surface area contributed by atoms with Gasteiger partial charge < -0.3 is 9.80 Å². The standard InChI is InChI=1S/C20H29N3O/c1-8-10-18-15(3)23(12-11-16(18)9-2)19(24)17(14-21)13-20(4,5)22(6)7/h8-10,13,15H,2,11-12H2,1,3-7H3/b10-8-,17-13+. The zero-order valence-corrected chi connectivity index (χ0v) is 15.8. The fraction of sp³-hybridized carbons (Fsp3) is 0.500. The maximum atomic E-state index is 12.9. The van der Waals surface area contributed by atoms with Gasteiger partial charge in [0.25, 0.3) is 5.91 Å². The average molecular weight is 327 g/mol. The van der Waals surface area contributed by atoms with E-state index in [0.717, 1.165) is 12.0 Å². The van der Waals surface area contributed by atoms with E-state index in [1.165, 1.54) is 5.57 Å². The van der Waals surface area contributed by atoms with Crippen LogP contribution in [-0.2, 0) is 4.79 Å². The largest absolute Gasteiger partial charge is 0.331 e. The molecule has 0 bridgehead atoms. The molecule has 130 valence electrons. The van der Waals surface area contributed by atoms with Crippen molar-refractivity contribution in [2.45, 2.75) is 45.7 Å². The van der Waals surface area contributed by atoms with E-state index in [2.05, 4.69) is 12.6 Å². The summed E-state index contributed by atoms with van der Waals surface area (Å²) in [4.78, 5) is 16.7. The minimum atomic E-state index is -0.367. The highest BCUT2D eigenvalue weighted by Gasteiger charge is 2.31. The lowest BCUT2D eigenvalue weighted by Gasteiger charge is -2.36. The molecule has 0 aromatic rings. The van der Waals surface area contributed by atoms with Gasteiger partial charge in [0.1, 0.15) is 11.6 Å². The van der Waals surface area contributed by atoms with E-state index >= 15 is 0 Å². The Morgan fingerprint density at radius 2 is 2.08 bits per heavy atom.